The van der Waals surface area contributed by atoms with Crippen molar-refractivity contribution in [3.05, 3.63) is 33.3 Å². The van der Waals surface area contributed by atoms with Gasteiger partial charge in [0.1, 0.15) is 4.90 Å². The van der Waals surface area contributed by atoms with E-state index in [0.29, 0.717) is 0 Å². The minimum atomic E-state index is -3.99. The fourth-order valence-electron chi connectivity index (χ4n) is 1.43. The Morgan fingerprint density at radius 1 is 1.48 bits per heavy atom. The molecule has 8 nitrogen and oxygen atoms in total. The number of methoxy groups -OCH3 is 1. The second-order valence-corrected chi connectivity index (χ2v) is 6.09. The van der Waals surface area contributed by atoms with Gasteiger partial charge in [-0.25, -0.2) is 13.1 Å². The fraction of sp³-hybridized carbons (Fsp3) is 0.364. The summed E-state index contributed by atoms with van der Waals surface area (Å²) in [4.78, 5) is 20.4. The van der Waals surface area contributed by atoms with Crippen LogP contribution in [0.2, 0.25) is 5.02 Å². The van der Waals surface area contributed by atoms with Crippen LogP contribution in [0.5, 0.6) is 0 Å². The molecule has 0 saturated carbocycles. The molecule has 116 valence electrons. The highest BCUT2D eigenvalue weighted by Gasteiger charge is 2.21. The number of nitrogens with one attached hydrogen (secondary N) is 1. The van der Waals surface area contributed by atoms with Crippen LogP contribution in [0, 0.1) is 10.1 Å². The van der Waals surface area contributed by atoms with Gasteiger partial charge in [-0.15, -0.1) is 0 Å². The van der Waals surface area contributed by atoms with E-state index in [1.807, 2.05) is 0 Å². The Bertz CT molecular complexity index is 646. The number of carbonyl (C=O) groups excluding carboxylic acids is 1. The molecule has 21 heavy (non-hydrogen) atoms. The van der Waals surface area contributed by atoms with E-state index >= 15 is 0 Å². The molecule has 10 heteroatoms. The van der Waals surface area contributed by atoms with Gasteiger partial charge < -0.3 is 4.74 Å². The molecule has 0 aliphatic carbocycles. The fourth-order valence-corrected chi connectivity index (χ4v) is 3.02. The van der Waals surface area contributed by atoms with Gasteiger partial charge in [-0.05, 0) is 12.5 Å². The molecule has 0 bridgehead atoms. The van der Waals surface area contributed by atoms with E-state index in [9.17, 15) is 23.3 Å². The number of hydrogen-bond donors (Lipinski definition) is 1. The summed E-state index contributed by atoms with van der Waals surface area (Å²) in [5, 5.41) is 10.5. The first-order valence-electron chi connectivity index (χ1n) is 5.78. The Balaban J connectivity index is 2.81. The van der Waals surface area contributed by atoms with E-state index < -0.39 is 20.9 Å². The quantitative estimate of drug-likeness (QED) is 0.349. The van der Waals surface area contributed by atoms with Crippen molar-refractivity contribution in [1.82, 2.24) is 4.72 Å². The van der Waals surface area contributed by atoms with Crippen LogP contribution in [0.1, 0.15) is 12.8 Å². The highest BCUT2D eigenvalue weighted by atomic mass is 35.5. The van der Waals surface area contributed by atoms with E-state index in [4.69, 9.17) is 11.6 Å². The van der Waals surface area contributed by atoms with E-state index in [1.54, 1.807) is 0 Å². The van der Waals surface area contributed by atoms with Crippen LogP contribution in [0.3, 0.4) is 0 Å². The average Bonchev–Trinajstić information content (AvgIpc) is 2.43. The number of nitro benzene ring substituents is 1. The molecule has 1 N–H and O–H groups in total. The molecule has 0 aromatic heterocycles. The standard InChI is InChI=1S/C11H13ClN2O6S/c1-20-11(15)3-2-6-13-21(18,19)10-7-8(14(16)17)4-5-9(10)12/h4-5,7,13H,2-3,6H2,1H3. The first-order valence-corrected chi connectivity index (χ1v) is 7.64. The number of hydrogen-bond acceptors (Lipinski definition) is 6. The first kappa shape index (κ1) is 17.3. The number of halogens is 1. The van der Waals surface area contributed by atoms with Gasteiger partial charge in [0, 0.05) is 25.1 Å². The lowest BCUT2D eigenvalue weighted by atomic mass is 10.3. The predicted octanol–water partition coefficient (Wildman–Crippen LogP) is 1.48. The lowest BCUT2D eigenvalue weighted by molar-refractivity contribution is -0.385. The second kappa shape index (κ2) is 7.34. The maximum absolute atomic E-state index is 12.0. The van der Waals surface area contributed by atoms with Crippen LogP contribution in [-0.2, 0) is 19.6 Å². The van der Waals surface area contributed by atoms with Crippen molar-refractivity contribution in [2.24, 2.45) is 0 Å². The van der Waals surface area contributed by atoms with Gasteiger partial charge in [0.05, 0.1) is 17.1 Å². The molecule has 1 aromatic carbocycles. The number of ether oxygens (including phenoxy) is 1. The Labute approximate surface area is 126 Å². The number of esters is 1. The Hall–Kier alpha value is -1.71. The van der Waals surface area contributed by atoms with E-state index in [-0.39, 0.29) is 35.0 Å². The van der Waals surface area contributed by atoms with Crippen molar-refractivity contribution >= 4 is 33.3 Å². The summed E-state index contributed by atoms with van der Waals surface area (Å²) >= 11 is 5.76. The first-order chi connectivity index (χ1) is 9.77. The zero-order valence-corrected chi connectivity index (χ0v) is 12.6. The Kier molecular flexibility index (Phi) is 6.06. The van der Waals surface area contributed by atoms with Crippen LogP contribution in [-0.4, -0.2) is 33.0 Å². The Morgan fingerprint density at radius 2 is 2.14 bits per heavy atom. The summed E-state index contributed by atoms with van der Waals surface area (Å²) in [6.45, 7) is -0.0174. The van der Waals surface area contributed by atoms with Crippen molar-refractivity contribution in [3.8, 4) is 0 Å². The molecule has 0 aliphatic heterocycles. The SMILES string of the molecule is COC(=O)CCCNS(=O)(=O)c1cc([N+](=O)[O-])ccc1Cl. The van der Waals surface area contributed by atoms with Crippen molar-refractivity contribution < 1.29 is 22.9 Å². The number of sulfonamides is 1. The number of nitro groups is 1. The maximum atomic E-state index is 12.0. The van der Waals surface area contributed by atoms with Gasteiger partial charge in [0.25, 0.3) is 5.69 Å². The third kappa shape index (κ3) is 4.96. The van der Waals surface area contributed by atoms with E-state index in [0.717, 1.165) is 18.2 Å². The Morgan fingerprint density at radius 3 is 2.71 bits per heavy atom. The maximum Gasteiger partial charge on any atom is 0.305 e. The lowest BCUT2D eigenvalue weighted by Crippen LogP contribution is -2.25. The van der Waals surface area contributed by atoms with Crippen LogP contribution < -0.4 is 4.72 Å². The van der Waals surface area contributed by atoms with Crippen molar-refractivity contribution in [2.45, 2.75) is 17.7 Å². The van der Waals surface area contributed by atoms with Gasteiger partial charge in [0.2, 0.25) is 10.0 Å². The molecule has 1 rings (SSSR count). The van der Waals surface area contributed by atoms with Gasteiger partial charge >= 0.3 is 5.97 Å². The molecule has 0 atom stereocenters. The third-order valence-electron chi connectivity index (χ3n) is 2.49. The summed E-state index contributed by atoms with van der Waals surface area (Å²) in [7, 11) is -2.76. The van der Waals surface area contributed by atoms with Gasteiger partial charge in [0.15, 0.2) is 0 Å². The number of rotatable bonds is 7. The smallest absolute Gasteiger partial charge is 0.305 e. The molecule has 0 heterocycles. The van der Waals surface area contributed by atoms with Crippen LogP contribution in [0.4, 0.5) is 5.69 Å². The minimum Gasteiger partial charge on any atom is -0.469 e. The van der Waals surface area contributed by atoms with Crippen molar-refractivity contribution in [3.63, 3.8) is 0 Å². The average molecular weight is 337 g/mol. The molecule has 0 unspecified atom stereocenters. The molecule has 0 radical (unpaired) electrons. The topological polar surface area (TPSA) is 116 Å². The normalized spacial score (nSPS) is 11.1. The highest BCUT2D eigenvalue weighted by Crippen LogP contribution is 2.25. The zero-order valence-electron chi connectivity index (χ0n) is 11.0. The molecule has 0 amide bonds. The van der Waals surface area contributed by atoms with Crippen molar-refractivity contribution in [1.29, 1.82) is 0 Å². The molecule has 0 saturated heterocycles. The third-order valence-corrected chi connectivity index (χ3v) is 4.44. The van der Waals surface area contributed by atoms with Crippen LogP contribution in [0.15, 0.2) is 23.1 Å². The summed E-state index contributed by atoms with van der Waals surface area (Å²) < 4.78 is 30.7. The van der Waals surface area contributed by atoms with Gasteiger partial charge in [-0.2, -0.15) is 0 Å². The molecule has 0 spiro atoms. The molecular weight excluding hydrogens is 324 g/mol. The largest absolute Gasteiger partial charge is 0.469 e. The van der Waals surface area contributed by atoms with E-state index in [2.05, 4.69) is 9.46 Å². The number of benzene rings is 1. The molecule has 1 aromatic rings. The monoisotopic (exact) mass is 336 g/mol. The molecule has 0 fully saturated rings. The summed E-state index contributed by atoms with van der Waals surface area (Å²) in [6, 6.07) is 3.13. The van der Waals surface area contributed by atoms with Gasteiger partial charge in [-0.1, -0.05) is 11.6 Å². The van der Waals surface area contributed by atoms with Crippen LogP contribution >= 0.6 is 11.6 Å². The summed E-state index contributed by atoms with van der Waals surface area (Å²) in [6.07, 6.45) is 0.292. The number of nitrogens with zero attached hydrogens (tertiary/aromatic N) is 1. The minimum absolute atomic E-state index is 0.0174. The van der Waals surface area contributed by atoms with Crippen LogP contribution in [0.25, 0.3) is 0 Å². The summed E-state index contributed by atoms with van der Waals surface area (Å²) in [5.41, 5.74) is -0.380. The lowest BCUT2D eigenvalue weighted by Gasteiger charge is -2.08. The highest BCUT2D eigenvalue weighted by molar-refractivity contribution is 7.89. The second-order valence-electron chi connectivity index (χ2n) is 3.95. The predicted molar refractivity (Wildman–Crippen MR) is 74.5 cm³/mol. The summed E-state index contributed by atoms with van der Waals surface area (Å²) in [5.74, 6) is -0.456. The molecular formula is C11H13ClN2O6S. The van der Waals surface area contributed by atoms with Gasteiger partial charge in [-0.3, -0.25) is 14.9 Å². The van der Waals surface area contributed by atoms with E-state index in [1.165, 1.54) is 7.11 Å². The van der Waals surface area contributed by atoms with Crippen molar-refractivity contribution in [2.75, 3.05) is 13.7 Å². The number of carbonyl (C=O) groups is 1. The molecule has 0 aliphatic rings. The zero-order chi connectivity index (χ0) is 16.0. The number of non-ortho nitro benzene ring substituents is 1.